The summed E-state index contributed by atoms with van der Waals surface area (Å²) < 4.78 is 2.07. The zero-order chi connectivity index (χ0) is 14.4. The van der Waals surface area contributed by atoms with E-state index in [9.17, 15) is 0 Å². The molecule has 104 valence electrons. The third kappa shape index (κ3) is 1.91. The van der Waals surface area contributed by atoms with Crippen LogP contribution in [0.15, 0.2) is 24.3 Å². The third-order valence-electron chi connectivity index (χ3n) is 3.72. The van der Waals surface area contributed by atoms with Crippen LogP contribution in [0.4, 0.5) is 5.82 Å². The van der Waals surface area contributed by atoms with Crippen LogP contribution in [0, 0.1) is 13.8 Å². The lowest BCUT2D eigenvalue weighted by Crippen LogP contribution is -1.96. The molecule has 3 nitrogen and oxygen atoms in total. The minimum absolute atomic E-state index is 0.549. The van der Waals surface area contributed by atoms with E-state index in [0.717, 1.165) is 16.5 Å². The molecule has 2 N–H and O–H groups in total. The second kappa shape index (κ2) is 4.63. The number of aryl methyl sites for hydroxylation is 2. The highest BCUT2D eigenvalue weighted by molar-refractivity contribution is 7.17. The number of thiazole rings is 1. The molecule has 0 saturated heterocycles. The van der Waals surface area contributed by atoms with E-state index in [2.05, 4.69) is 54.4 Å². The molecular formula is C16H19N3S. The van der Waals surface area contributed by atoms with E-state index < -0.39 is 0 Å². The summed E-state index contributed by atoms with van der Waals surface area (Å²) in [5.74, 6) is 1.29. The first-order valence-corrected chi connectivity index (χ1v) is 7.65. The zero-order valence-corrected chi connectivity index (χ0v) is 13.1. The normalized spacial score (nSPS) is 11.7. The number of nitrogens with zero attached hydrogens (tertiary/aromatic N) is 2. The maximum Gasteiger partial charge on any atom is 0.196 e. The molecule has 3 rings (SSSR count). The van der Waals surface area contributed by atoms with Crippen molar-refractivity contribution in [2.75, 3.05) is 5.73 Å². The lowest BCUT2D eigenvalue weighted by atomic mass is 10.0. The highest BCUT2D eigenvalue weighted by Gasteiger charge is 2.16. The molecule has 4 heteroatoms. The molecule has 2 heterocycles. The predicted octanol–water partition coefficient (Wildman–Crippen LogP) is 4.39. The molecule has 0 spiro atoms. The summed E-state index contributed by atoms with van der Waals surface area (Å²) in [6.07, 6.45) is 0. The summed E-state index contributed by atoms with van der Waals surface area (Å²) in [6, 6.07) is 8.75. The van der Waals surface area contributed by atoms with E-state index in [-0.39, 0.29) is 0 Å². The average Bonchev–Trinajstić information content (AvgIpc) is 2.86. The molecule has 0 aliphatic carbocycles. The van der Waals surface area contributed by atoms with Crippen LogP contribution in [-0.2, 0) is 0 Å². The number of hydrogen-bond donors (Lipinski definition) is 1. The smallest absolute Gasteiger partial charge is 0.196 e. The number of hydrogen-bond acceptors (Lipinski definition) is 3. The summed E-state index contributed by atoms with van der Waals surface area (Å²) in [7, 11) is 0. The Labute approximate surface area is 123 Å². The molecule has 0 bridgehead atoms. The van der Waals surface area contributed by atoms with Crippen LogP contribution >= 0.6 is 11.3 Å². The molecule has 0 radical (unpaired) electrons. The Hall–Kier alpha value is -1.81. The highest BCUT2D eigenvalue weighted by atomic mass is 32.1. The predicted molar refractivity (Wildman–Crippen MR) is 86.5 cm³/mol. The maximum absolute atomic E-state index is 6.17. The van der Waals surface area contributed by atoms with Crippen LogP contribution in [0.3, 0.4) is 0 Å². The summed E-state index contributed by atoms with van der Waals surface area (Å²) >= 11 is 1.69. The lowest BCUT2D eigenvalue weighted by molar-refractivity contribution is 0.867. The molecule has 2 aromatic heterocycles. The van der Waals surface area contributed by atoms with Crippen molar-refractivity contribution in [3.05, 3.63) is 40.4 Å². The van der Waals surface area contributed by atoms with Crippen LogP contribution in [0.2, 0.25) is 0 Å². The van der Waals surface area contributed by atoms with Crippen molar-refractivity contribution in [2.24, 2.45) is 0 Å². The highest BCUT2D eigenvalue weighted by Crippen LogP contribution is 2.34. The fourth-order valence-electron chi connectivity index (χ4n) is 2.50. The molecular weight excluding hydrogens is 266 g/mol. The molecule has 0 aliphatic rings. The first-order chi connectivity index (χ1) is 9.49. The number of imidazole rings is 1. The molecule has 0 fully saturated rings. The third-order valence-corrected chi connectivity index (χ3v) is 4.67. The minimum Gasteiger partial charge on any atom is -0.383 e. The first-order valence-electron chi connectivity index (χ1n) is 6.83. The van der Waals surface area contributed by atoms with E-state index in [4.69, 9.17) is 5.73 Å². The Bertz CT molecular complexity index is 763. The number of nitrogen functional groups attached to an aromatic ring is 1. The molecule has 0 atom stereocenters. The van der Waals surface area contributed by atoms with Gasteiger partial charge in [0, 0.05) is 4.88 Å². The van der Waals surface area contributed by atoms with Gasteiger partial charge in [-0.15, -0.1) is 11.3 Å². The Balaban J connectivity index is 2.20. The summed E-state index contributed by atoms with van der Waals surface area (Å²) in [6.45, 7) is 8.50. The standard InChI is InChI=1S/C16H19N3S/c1-9(2)12-5-7-13(8-6-12)14-11(4)20-16-18-10(3)15(17)19(14)16/h5-9H,17H2,1-4H3. The number of rotatable bonds is 2. The van der Waals surface area contributed by atoms with Crippen LogP contribution < -0.4 is 5.73 Å². The van der Waals surface area contributed by atoms with Crippen molar-refractivity contribution < 1.29 is 0 Å². The number of nitrogens with two attached hydrogens (primary N) is 1. The second-order valence-corrected chi connectivity index (χ2v) is 6.67. The number of anilines is 1. The topological polar surface area (TPSA) is 43.3 Å². The molecule has 3 aromatic rings. The van der Waals surface area contributed by atoms with Gasteiger partial charge in [0.25, 0.3) is 0 Å². The van der Waals surface area contributed by atoms with Gasteiger partial charge in [0.1, 0.15) is 5.82 Å². The average molecular weight is 285 g/mol. The van der Waals surface area contributed by atoms with E-state index in [1.54, 1.807) is 11.3 Å². The van der Waals surface area contributed by atoms with Gasteiger partial charge >= 0.3 is 0 Å². The van der Waals surface area contributed by atoms with Crippen LogP contribution in [0.5, 0.6) is 0 Å². The first kappa shape index (κ1) is 13.2. The zero-order valence-electron chi connectivity index (χ0n) is 12.3. The van der Waals surface area contributed by atoms with Crippen molar-refractivity contribution >= 4 is 22.1 Å². The van der Waals surface area contributed by atoms with Crippen molar-refractivity contribution in [3.63, 3.8) is 0 Å². The summed E-state index contributed by atoms with van der Waals surface area (Å²) in [4.78, 5) is 6.74. The fraction of sp³-hybridized carbons (Fsp3) is 0.312. The molecule has 0 saturated carbocycles. The summed E-state index contributed by atoms with van der Waals surface area (Å²) in [5, 5.41) is 0. The van der Waals surface area contributed by atoms with Gasteiger partial charge in [0.05, 0.1) is 11.4 Å². The van der Waals surface area contributed by atoms with Crippen molar-refractivity contribution in [3.8, 4) is 11.3 Å². The quantitative estimate of drug-likeness (QED) is 0.759. The van der Waals surface area contributed by atoms with Crippen molar-refractivity contribution in [2.45, 2.75) is 33.6 Å². The molecule has 20 heavy (non-hydrogen) atoms. The Morgan fingerprint density at radius 2 is 1.80 bits per heavy atom. The second-order valence-electron chi connectivity index (χ2n) is 5.48. The maximum atomic E-state index is 6.17. The Kier molecular flexibility index (Phi) is 3.05. The Morgan fingerprint density at radius 3 is 2.40 bits per heavy atom. The number of fused-ring (bicyclic) bond motifs is 1. The van der Waals surface area contributed by atoms with Crippen molar-refractivity contribution in [1.29, 1.82) is 0 Å². The van der Waals surface area contributed by atoms with Crippen LogP contribution in [0.25, 0.3) is 16.2 Å². The summed E-state index contributed by atoms with van der Waals surface area (Å²) in [5.41, 5.74) is 10.8. The SMILES string of the molecule is Cc1nc2sc(C)c(-c3ccc(C(C)C)cc3)n2c1N. The number of benzene rings is 1. The Morgan fingerprint density at radius 1 is 1.15 bits per heavy atom. The minimum atomic E-state index is 0.549. The molecule has 0 aliphatic heterocycles. The fourth-order valence-corrected chi connectivity index (χ4v) is 3.54. The molecule has 1 aromatic carbocycles. The lowest BCUT2D eigenvalue weighted by Gasteiger charge is -2.08. The monoisotopic (exact) mass is 285 g/mol. The van der Waals surface area contributed by atoms with E-state index >= 15 is 0 Å². The van der Waals surface area contributed by atoms with Crippen LogP contribution in [-0.4, -0.2) is 9.38 Å². The van der Waals surface area contributed by atoms with Gasteiger partial charge < -0.3 is 5.73 Å². The molecule has 0 amide bonds. The van der Waals surface area contributed by atoms with Gasteiger partial charge in [0.2, 0.25) is 0 Å². The van der Waals surface area contributed by atoms with Crippen molar-refractivity contribution in [1.82, 2.24) is 9.38 Å². The van der Waals surface area contributed by atoms with Gasteiger partial charge in [0.15, 0.2) is 4.96 Å². The van der Waals surface area contributed by atoms with Gasteiger partial charge in [-0.05, 0) is 30.9 Å². The molecule has 0 unspecified atom stereocenters. The van der Waals surface area contributed by atoms with Gasteiger partial charge in [-0.25, -0.2) is 4.98 Å². The van der Waals surface area contributed by atoms with Gasteiger partial charge in [-0.3, -0.25) is 4.40 Å². The number of aromatic nitrogens is 2. The van der Waals surface area contributed by atoms with Crippen LogP contribution in [0.1, 0.15) is 35.9 Å². The van der Waals surface area contributed by atoms with E-state index in [0.29, 0.717) is 5.92 Å². The van der Waals surface area contributed by atoms with Gasteiger partial charge in [-0.2, -0.15) is 0 Å². The largest absolute Gasteiger partial charge is 0.383 e. The van der Waals surface area contributed by atoms with E-state index in [1.165, 1.54) is 21.7 Å². The van der Waals surface area contributed by atoms with Gasteiger partial charge in [-0.1, -0.05) is 38.1 Å². The van der Waals surface area contributed by atoms with E-state index in [1.807, 2.05) is 6.92 Å².